The predicted octanol–water partition coefficient (Wildman–Crippen LogP) is 15.3. The minimum Gasteiger partial charge on any atom is -0.309 e. The molecular formula is C55H43N3. The van der Waals surface area contributed by atoms with Crippen LogP contribution < -0.4 is 9.80 Å². The quantitative estimate of drug-likeness (QED) is 0.163. The second-order valence-electron chi connectivity index (χ2n) is 16.3. The lowest BCUT2D eigenvalue weighted by molar-refractivity contribution is 0.633. The zero-order chi connectivity index (χ0) is 39.1. The Balaban J connectivity index is 1.27. The van der Waals surface area contributed by atoms with Crippen LogP contribution in [0.5, 0.6) is 0 Å². The van der Waals surface area contributed by atoms with E-state index in [0.29, 0.717) is 0 Å². The Hall–Kier alpha value is -7.10. The van der Waals surface area contributed by atoms with Gasteiger partial charge in [-0.1, -0.05) is 152 Å². The Morgan fingerprint density at radius 1 is 0.414 bits per heavy atom. The number of nitrogens with zero attached hydrogens (tertiary/aromatic N) is 3. The topological polar surface area (TPSA) is 11.4 Å². The fraction of sp³-hybridized carbons (Fsp3) is 0.0909. The lowest BCUT2D eigenvalue weighted by Crippen LogP contribution is -2.31. The molecule has 3 nitrogen and oxygen atoms in total. The lowest BCUT2D eigenvalue weighted by Gasteiger charge is -2.43. The van der Waals surface area contributed by atoms with Gasteiger partial charge in [0.05, 0.1) is 33.8 Å². The number of fused-ring (bicyclic) bond motifs is 7. The highest BCUT2D eigenvalue weighted by atomic mass is 15.2. The van der Waals surface area contributed by atoms with Crippen molar-refractivity contribution in [2.45, 2.75) is 33.1 Å². The third kappa shape index (κ3) is 5.06. The van der Waals surface area contributed by atoms with Crippen LogP contribution in [0.3, 0.4) is 0 Å². The molecule has 58 heavy (non-hydrogen) atoms. The summed E-state index contributed by atoms with van der Waals surface area (Å²) in [5, 5.41) is 7.32. The summed E-state index contributed by atoms with van der Waals surface area (Å²) in [6, 6.07) is 69.6. The summed E-state index contributed by atoms with van der Waals surface area (Å²) in [6.45, 7) is 9.10. The highest BCUT2D eigenvalue weighted by molar-refractivity contribution is 6.24. The largest absolute Gasteiger partial charge is 0.309 e. The van der Waals surface area contributed by atoms with Crippen molar-refractivity contribution in [3.63, 3.8) is 0 Å². The van der Waals surface area contributed by atoms with E-state index in [4.69, 9.17) is 0 Å². The number of aryl methyl sites for hydroxylation is 2. The summed E-state index contributed by atoms with van der Waals surface area (Å²) >= 11 is 0. The maximum Gasteiger partial charge on any atom is 0.0620 e. The van der Waals surface area contributed by atoms with Gasteiger partial charge in [-0.2, -0.15) is 0 Å². The average Bonchev–Trinajstić information content (AvgIpc) is 3.59. The van der Waals surface area contributed by atoms with E-state index in [1.54, 1.807) is 0 Å². The molecule has 1 aromatic heterocycles. The third-order valence-corrected chi connectivity index (χ3v) is 12.4. The Kier molecular flexibility index (Phi) is 7.64. The summed E-state index contributed by atoms with van der Waals surface area (Å²) in [7, 11) is 0. The van der Waals surface area contributed by atoms with Gasteiger partial charge >= 0.3 is 0 Å². The second kappa shape index (κ2) is 13.0. The summed E-state index contributed by atoms with van der Waals surface area (Å²) in [6.07, 6.45) is 0. The third-order valence-electron chi connectivity index (χ3n) is 12.4. The number of rotatable bonds is 5. The first-order valence-electron chi connectivity index (χ1n) is 20.3. The molecular weight excluding hydrogens is 703 g/mol. The summed E-state index contributed by atoms with van der Waals surface area (Å²) in [4.78, 5) is 5.04. The van der Waals surface area contributed by atoms with Gasteiger partial charge in [0.15, 0.2) is 0 Å². The van der Waals surface area contributed by atoms with Crippen LogP contribution in [0.25, 0.3) is 49.0 Å². The van der Waals surface area contributed by atoms with E-state index in [-0.39, 0.29) is 5.41 Å². The maximum atomic E-state index is 2.58. The van der Waals surface area contributed by atoms with Gasteiger partial charge in [0.1, 0.15) is 0 Å². The molecule has 0 unspecified atom stereocenters. The molecule has 1 aliphatic heterocycles. The molecule has 2 heterocycles. The number of aromatic nitrogens is 1. The van der Waals surface area contributed by atoms with Crippen molar-refractivity contribution in [2.24, 2.45) is 0 Å². The number of hydrogen-bond acceptors (Lipinski definition) is 2. The van der Waals surface area contributed by atoms with Gasteiger partial charge in [0.2, 0.25) is 0 Å². The smallest absolute Gasteiger partial charge is 0.0620 e. The van der Waals surface area contributed by atoms with Crippen LogP contribution in [-0.4, -0.2) is 4.57 Å². The van der Waals surface area contributed by atoms with Gasteiger partial charge in [-0.3, -0.25) is 0 Å². The van der Waals surface area contributed by atoms with Crippen LogP contribution in [0.1, 0.15) is 36.1 Å². The van der Waals surface area contributed by atoms with E-state index in [0.717, 1.165) is 17.1 Å². The first-order valence-corrected chi connectivity index (χ1v) is 20.3. The van der Waals surface area contributed by atoms with Crippen molar-refractivity contribution >= 4 is 77.5 Å². The van der Waals surface area contributed by atoms with Crippen LogP contribution in [0.4, 0.5) is 34.1 Å². The second-order valence-corrected chi connectivity index (χ2v) is 16.3. The van der Waals surface area contributed by atoms with Gasteiger partial charge in [0, 0.05) is 54.8 Å². The molecule has 0 spiro atoms. The van der Waals surface area contributed by atoms with E-state index < -0.39 is 0 Å². The lowest BCUT2D eigenvalue weighted by atomic mass is 9.73. The first-order chi connectivity index (χ1) is 28.4. The van der Waals surface area contributed by atoms with Gasteiger partial charge in [-0.25, -0.2) is 0 Å². The van der Waals surface area contributed by atoms with Crippen molar-refractivity contribution in [3.8, 4) is 5.69 Å². The van der Waals surface area contributed by atoms with Gasteiger partial charge < -0.3 is 14.4 Å². The predicted molar refractivity (Wildman–Crippen MR) is 247 cm³/mol. The van der Waals surface area contributed by atoms with Crippen molar-refractivity contribution in [1.29, 1.82) is 0 Å². The number of anilines is 6. The molecule has 0 radical (unpaired) electrons. The molecule has 0 atom stereocenters. The SMILES string of the molecule is Cc1ccc(N(c2ccc(C)cc2)c2c3ccccc3c(N3c4ccccc4C(C)(C)c4cc5c6ccccc6n(-c6ccccc6)c5cc43)c3ccccc23)cc1. The molecule has 9 aromatic carbocycles. The molecule has 0 aliphatic carbocycles. The fourth-order valence-electron chi connectivity index (χ4n) is 9.62. The zero-order valence-corrected chi connectivity index (χ0v) is 33.2. The van der Waals surface area contributed by atoms with Crippen LogP contribution in [0.15, 0.2) is 188 Å². The first kappa shape index (κ1) is 34.2. The van der Waals surface area contributed by atoms with Gasteiger partial charge in [-0.05, 0) is 85.6 Å². The monoisotopic (exact) mass is 745 g/mol. The highest BCUT2D eigenvalue weighted by Crippen LogP contribution is 2.57. The molecule has 278 valence electrons. The molecule has 0 fully saturated rings. The van der Waals surface area contributed by atoms with Crippen LogP contribution in [0, 0.1) is 13.8 Å². The van der Waals surface area contributed by atoms with Crippen molar-refractivity contribution in [1.82, 2.24) is 4.57 Å². The molecule has 0 amide bonds. The van der Waals surface area contributed by atoms with Crippen LogP contribution >= 0.6 is 0 Å². The Morgan fingerprint density at radius 2 is 0.931 bits per heavy atom. The normalized spacial score (nSPS) is 13.3. The minimum atomic E-state index is -0.258. The van der Waals surface area contributed by atoms with Gasteiger partial charge in [-0.15, -0.1) is 0 Å². The molecule has 10 aromatic rings. The molecule has 0 N–H and O–H groups in total. The van der Waals surface area contributed by atoms with Crippen molar-refractivity contribution in [2.75, 3.05) is 9.80 Å². The van der Waals surface area contributed by atoms with Crippen molar-refractivity contribution in [3.05, 3.63) is 210 Å². The van der Waals surface area contributed by atoms with E-state index in [2.05, 4.69) is 230 Å². The number of hydrogen-bond donors (Lipinski definition) is 0. The molecule has 3 heteroatoms. The highest BCUT2D eigenvalue weighted by Gasteiger charge is 2.39. The van der Waals surface area contributed by atoms with Crippen molar-refractivity contribution < 1.29 is 0 Å². The Morgan fingerprint density at radius 3 is 1.55 bits per heavy atom. The van der Waals surface area contributed by atoms with E-state index >= 15 is 0 Å². The van der Waals surface area contributed by atoms with E-state index in [9.17, 15) is 0 Å². The molecule has 0 bridgehead atoms. The minimum absolute atomic E-state index is 0.258. The maximum absolute atomic E-state index is 2.58. The van der Waals surface area contributed by atoms with E-state index in [1.807, 2.05) is 0 Å². The molecule has 1 aliphatic rings. The van der Waals surface area contributed by atoms with Crippen LogP contribution in [0.2, 0.25) is 0 Å². The van der Waals surface area contributed by atoms with E-state index in [1.165, 1.54) is 88.4 Å². The molecule has 0 saturated heterocycles. The number of para-hydroxylation sites is 3. The standard InChI is InChI=1S/C55H43N3/c1-36-26-30-39(31-27-36)56(40-32-28-37(2)29-33-40)53-42-19-8-10-21-44(42)54(45-22-11-9-20-43(45)53)58-50-25-15-13-23-47(50)55(3,4)48-34-46-41-18-12-14-24-49(41)57(51(46)35-52(48)58)38-16-6-5-7-17-38/h5-35H,1-4H3. The summed E-state index contributed by atoms with van der Waals surface area (Å²) < 4.78 is 2.44. The molecule has 11 rings (SSSR count). The molecule has 0 saturated carbocycles. The average molecular weight is 746 g/mol. The Labute approximate surface area is 339 Å². The zero-order valence-electron chi connectivity index (χ0n) is 33.2. The van der Waals surface area contributed by atoms with Crippen LogP contribution in [-0.2, 0) is 5.41 Å². The summed E-state index contributed by atoms with van der Waals surface area (Å²) in [5.74, 6) is 0. The Bertz CT molecular complexity index is 3110. The summed E-state index contributed by atoms with van der Waals surface area (Å²) in [5.41, 5.74) is 15.4. The number of benzene rings is 9. The van der Waals surface area contributed by atoms with Gasteiger partial charge in [0.25, 0.3) is 0 Å². The fourth-order valence-corrected chi connectivity index (χ4v) is 9.62.